The highest BCUT2D eigenvalue weighted by Gasteiger charge is 2.11. The van der Waals surface area contributed by atoms with E-state index in [0.29, 0.717) is 17.2 Å². The molecule has 0 unspecified atom stereocenters. The minimum Gasteiger partial charge on any atom is -0.507 e. The number of ketones is 1. The molecule has 0 spiro atoms. The van der Waals surface area contributed by atoms with Gasteiger partial charge in [0.05, 0.1) is 19.8 Å². The molecule has 120 valence electrons. The van der Waals surface area contributed by atoms with Gasteiger partial charge in [0.25, 0.3) is 0 Å². The van der Waals surface area contributed by atoms with Crippen molar-refractivity contribution in [2.24, 2.45) is 4.99 Å². The smallest absolute Gasteiger partial charge is 0.187 e. The van der Waals surface area contributed by atoms with Crippen LogP contribution in [0.5, 0.6) is 17.2 Å². The van der Waals surface area contributed by atoms with Gasteiger partial charge in [0, 0.05) is 17.3 Å². The van der Waals surface area contributed by atoms with E-state index in [-0.39, 0.29) is 23.6 Å². The van der Waals surface area contributed by atoms with Gasteiger partial charge >= 0.3 is 0 Å². The predicted molar refractivity (Wildman–Crippen MR) is 89.1 cm³/mol. The SMILES string of the molecule is COc1ccc(C(C)=NCC(=O)c2ccccc2O)c(OC)c1. The molecular weight excluding hydrogens is 294 g/mol. The quantitative estimate of drug-likeness (QED) is 0.657. The van der Waals surface area contributed by atoms with E-state index in [4.69, 9.17) is 9.47 Å². The predicted octanol–water partition coefficient (Wildman–Crippen LogP) is 3.10. The standard InChI is InChI=1S/C18H19NO4/c1-12(14-9-8-13(22-2)10-18(14)23-3)19-11-17(21)15-6-4-5-7-16(15)20/h4-10,20H,11H2,1-3H3. The second-order valence-electron chi connectivity index (χ2n) is 4.91. The van der Waals surface area contributed by atoms with E-state index in [1.54, 1.807) is 38.5 Å². The van der Waals surface area contributed by atoms with Crippen LogP contribution < -0.4 is 9.47 Å². The summed E-state index contributed by atoms with van der Waals surface area (Å²) in [6, 6.07) is 11.8. The first-order chi connectivity index (χ1) is 11.1. The van der Waals surface area contributed by atoms with E-state index in [2.05, 4.69) is 4.99 Å². The van der Waals surface area contributed by atoms with E-state index >= 15 is 0 Å². The van der Waals surface area contributed by atoms with Crippen molar-refractivity contribution < 1.29 is 19.4 Å². The van der Waals surface area contributed by atoms with Crippen molar-refractivity contribution in [1.82, 2.24) is 0 Å². The summed E-state index contributed by atoms with van der Waals surface area (Å²) >= 11 is 0. The van der Waals surface area contributed by atoms with E-state index < -0.39 is 0 Å². The number of Topliss-reactive ketones (excluding diaryl/α,β-unsaturated/α-hetero) is 1. The van der Waals surface area contributed by atoms with E-state index in [1.807, 2.05) is 19.1 Å². The summed E-state index contributed by atoms with van der Waals surface area (Å²) < 4.78 is 10.5. The number of phenolic OH excluding ortho intramolecular Hbond substituents is 1. The van der Waals surface area contributed by atoms with Crippen LogP contribution in [0.4, 0.5) is 0 Å². The molecule has 0 aliphatic heterocycles. The largest absolute Gasteiger partial charge is 0.507 e. The summed E-state index contributed by atoms with van der Waals surface area (Å²) in [5, 5.41) is 9.70. The Kier molecular flexibility index (Phi) is 5.36. The van der Waals surface area contributed by atoms with Crippen LogP contribution in [0.1, 0.15) is 22.8 Å². The van der Waals surface area contributed by atoms with Crippen molar-refractivity contribution >= 4 is 11.5 Å². The van der Waals surface area contributed by atoms with Crippen molar-refractivity contribution in [2.45, 2.75) is 6.92 Å². The number of hydrogen-bond acceptors (Lipinski definition) is 5. The Morgan fingerprint density at radius 1 is 1.09 bits per heavy atom. The van der Waals surface area contributed by atoms with Gasteiger partial charge in [0.15, 0.2) is 5.78 Å². The van der Waals surface area contributed by atoms with Crippen molar-refractivity contribution in [3.63, 3.8) is 0 Å². The van der Waals surface area contributed by atoms with Gasteiger partial charge in [-0.25, -0.2) is 0 Å². The third kappa shape index (κ3) is 3.88. The molecule has 0 aliphatic carbocycles. The summed E-state index contributed by atoms with van der Waals surface area (Å²) in [5.41, 5.74) is 1.73. The molecule has 2 rings (SSSR count). The van der Waals surface area contributed by atoms with Crippen LogP contribution in [-0.2, 0) is 0 Å². The van der Waals surface area contributed by atoms with Crippen molar-refractivity contribution in [1.29, 1.82) is 0 Å². The lowest BCUT2D eigenvalue weighted by Crippen LogP contribution is -2.07. The summed E-state index contributed by atoms with van der Waals surface area (Å²) in [6.07, 6.45) is 0. The topological polar surface area (TPSA) is 68.1 Å². The average Bonchev–Trinajstić information content (AvgIpc) is 2.59. The average molecular weight is 313 g/mol. The zero-order valence-corrected chi connectivity index (χ0v) is 13.4. The third-order valence-electron chi connectivity index (χ3n) is 3.46. The van der Waals surface area contributed by atoms with Gasteiger partial charge in [0.1, 0.15) is 23.8 Å². The number of rotatable bonds is 6. The van der Waals surface area contributed by atoms with Gasteiger partial charge in [-0.3, -0.25) is 9.79 Å². The van der Waals surface area contributed by atoms with Crippen molar-refractivity contribution in [3.05, 3.63) is 53.6 Å². The molecule has 0 saturated carbocycles. The number of nitrogens with zero attached hydrogens (tertiary/aromatic N) is 1. The fraction of sp³-hybridized carbons (Fsp3) is 0.222. The monoisotopic (exact) mass is 313 g/mol. The minimum absolute atomic E-state index is 0.0348. The van der Waals surface area contributed by atoms with Crippen molar-refractivity contribution in [2.75, 3.05) is 20.8 Å². The van der Waals surface area contributed by atoms with Crippen molar-refractivity contribution in [3.8, 4) is 17.2 Å². The number of aromatic hydroxyl groups is 1. The Bertz CT molecular complexity index is 738. The molecule has 23 heavy (non-hydrogen) atoms. The number of methoxy groups -OCH3 is 2. The highest BCUT2D eigenvalue weighted by Crippen LogP contribution is 2.25. The molecule has 2 aromatic carbocycles. The maximum Gasteiger partial charge on any atom is 0.187 e. The van der Waals surface area contributed by atoms with Crippen LogP contribution >= 0.6 is 0 Å². The third-order valence-corrected chi connectivity index (χ3v) is 3.46. The molecule has 0 fully saturated rings. The fourth-order valence-electron chi connectivity index (χ4n) is 2.17. The highest BCUT2D eigenvalue weighted by atomic mass is 16.5. The Morgan fingerprint density at radius 3 is 2.48 bits per heavy atom. The number of aliphatic imine (C=N–C) groups is 1. The molecule has 0 atom stereocenters. The highest BCUT2D eigenvalue weighted by molar-refractivity contribution is 6.05. The van der Waals surface area contributed by atoms with Crippen LogP contribution in [0, 0.1) is 0 Å². The van der Waals surface area contributed by atoms with Gasteiger partial charge in [-0.05, 0) is 31.2 Å². The first kappa shape index (κ1) is 16.5. The van der Waals surface area contributed by atoms with Crippen LogP contribution in [0.3, 0.4) is 0 Å². The Balaban J connectivity index is 2.20. The lowest BCUT2D eigenvalue weighted by Gasteiger charge is -2.10. The van der Waals surface area contributed by atoms with E-state index in [9.17, 15) is 9.90 Å². The first-order valence-corrected chi connectivity index (χ1v) is 7.11. The molecule has 5 heteroatoms. The lowest BCUT2D eigenvalue weighted by atomic mass is 10.1. The maximum atomic E-state index is 12.1. The lowest BCUT2D eigenvalue weighted by molar-refractivity contribution is 0.0999. The number of ether oxygens (including phenoxy) is 2. The van der Waals surface area contributed by atoms with Crippen LogP contribution in [0.2, 0.25) is 0 Å². The van der Waals surface area contributed by atoms with Gasteiger partial charge in [-0.15, -0.1) is 0 Å². The van der Waals surface area contributed by atoms with Crippen LogP contribution in [-0.4, -0.2) is 37.4 Å². The zero-order chi connectivity index (χ0) is 16.8. The molecule has 0 aromatic heterocycles. The molecule has 1 N–H and O–H groups in total. The fourth-order valence-corrected chi connectivity index (χ4v) is 2.17. The molecular formula is C18H19NO4. The Hall–Kier alpha value is -2.82. The molecule has 0 radical (unpaired) electrons. The molecule has 0 aliphatic rings. The molecule has 0 amide bonds. The number of phenols is 1. The Labute approximate surface area is 135 Å². The first-order valence-electron chi connectivity index (χ1n) is 7.11. The van der Waals surface area contributed by atoms with Gasteiger partial charge < -0.3 is 14.6 Å². The van der Waals surface area contributed by atoms with Crippen LogP contribution in [0.25, 0.3) is 0 Å². The number of para-hydroxylation sites is 1. The number of carbonyl (C=O) groups excluding carboxylic acids is 1. The Morgan fingerprint density at radius 2 is 1.83 bits per heavy atom. The number of carbonyl (C=O) groups is 1. The second kappa shape index (κ2) is 7.45. The van der Waals surface area contributed by atoms with E-state index in [0.717, 1.165) is 5.56 Å². The number of benzene rings is 2. The molecule has 0 heterocycles. The molecule has 5 nitrogen and oxygen atoms in total. The summed E-state index contributed by atoms with van der Waals surface area (Å²) in [5.74, 6) is 1.03. The molecule has 2 aromatic rings. The summed E-state index contributed by atoms with van der Waals surface area (Å²) in [6.45, 7) is 1.76. The maximum absolute atomic E-state index is 12.1. The summed E-state index contributed by atoms with van der Waals surface area (Å²) in [7, 11) is 3.15. The summed E-state index contributed by atoms with van der Waals surface area (Å²) in [4.78, 5) is 16.4. The zero-order valence-electron chi connectivity index (χ0n) is 13.4. The molecule has 0 bridgehead atoms. The van der Waals surface area contributed by atoms with E-state index in [1.165, 1.54) is 6.07 Å². The van der Waals surface area contributed by atoms with Gasteiger partial charge in [-0.2, -0.15) is 0 Å². The minimum atomic E-state index is -0.241. The van der Waals surface area contributed by atoms with Gasteiger partial charge in [-0.1, -0.05) is 12.1 Å². The molecule has 0 saturated heterocycles. The second-order valence-corrected chi connectivity index (χ2v) is 4.91. The normalized spacial score (nSPS) is 11.2. The number of hydrogen-bond donors (Lipinski definition) is 1. The van der Waals surface area contributed by atoms with Gasteiger partial charge in [0.2, 0.25) is 0 Å². The van der Waals surface area contributed by atoms with Crippen LogP contribution in [0.15, 0.2) is 47.5 Å².